The van der Waals surface area contributed by atoms with Crippen molar-refractivity contribution >= 4 is 23.1 Å². The summed E-state index contributed by atoms with van der Waals surface area (Å²) in [4.78, 5) is 12.3. The Morgan fingerprint density at radius 3 is 2.60 bits per heavy atom. The lowest BCUT2D eigenvalue weighted by atomic mass is 9.98. The van der Waals surface area contributed by atoms with E-state index in [0.717, 1.165) is 24.1 Å². The van der Waals surface area contributed by atoms with Crippen molar-refractivity contribution in [1.29, 1.82) is 5.41 Å². The zero-order valence-corrected chi connectivity index (χ0v) is 15.3. The smallest absolute Gasteiger partial charge is 0.186 e. The number of benzene rings is 1. The molecule has 0 aromatic heterocycles. The Morgan fingerprint density at radius 1 is 1.40 bits per heavy atom. The van der Waals surface area contributed by atoms with Crippen LogP contribution in [-0.4, -0.2) is 30.2 Å². The molecule has 2 fully saturated rings. The monoisotopic (exact) mass is 361 g/mol. The molecule has 0 aliphatic carbocycles. The van der Waals surface area contributed by atoms with Gasteiger partial charge in [0.25, 0.3) is 0 Å². The molecular weight excluding hydrogens is 338 g/mol. The maximum atomic E-state index is 12.3. The van der Waals surface area contributed by atoms with Crippen LogP contribution in [0.15, 0.2) is 35.0 Å². The summed E-state index contributed by atoms with van der Waals surface area (Å²) >= 11 is 6.07. The topological polar surface area (TPSA) is 88.2 Å². The van der Waals surface area contributed by atoms with E-state index < -0.39 is 0 Å². The number of hydrogen-bond donors (Lipinski definition) is 3. The van der Waals surface area contributed by atoms with E-state index in [4.69, 9.17) is 27.5 Å². The summed E-state index contributed by atoms with van der Waals surface area (Å²) in [5.41, 5.74) is 7.96. The second-order valence-corrected chi connectivity index (χ2v) is 7.45. The lowest BCUT2D eigenvalue weighted by Gasteiger charge is -2.23. The Balaban J connectivity index is 1.64. The minimum atomic E-state index is -0.334. The van der Waals surface area contributed by atoms with Gasteiger partial charge in [-0.1, -0.05) is 49.7 Å². The van der Waals surface area contributed by atoms with Crippen molar-refractivity contribution in [1.82, 2.24) is 5.32 Å². The third-order valence-corrected chi connectivity index (χ3v) is 5.28. The standard InChI is InChI=1S/C19H24ClN3O2/c1-10(2)17(21)16(20)18(22)15(24)7-11-3-5-12(6-4-11)19-14-8-13(25-19)9-23-14/h3-6,10,13-14,19,22-23H,7-9,21H2,1-2H3/t13-,14-,19+/m1/s1. The molecule has 2 bridgehead atoms. The Labute approximate surface area is 153 Å². The largest absolute Gasteiger partial charge is 0.401 e. The third-order valence-electron chi connectivity index (χ3n) is 4.88. The lowest BCUT2D eigenvalue weighted by Crippen LogP contribution is -2.33. The van der Waals surface area contributed by atoms with Crippen molar-refractivity contribution in [2.45, 2.75) is 44.9 Å². The highest BCUT2D eigenvalue weighted by Crippen LogP contribution is 2.36. The molecule has 5 nitrogen and oxygen atoms in total. The number of ether oxygens (including phenoxy) is 1. The maximum absolute atomic E-state index is 12.3. The Kier molecular flexibility index (Phi) is 5.27. The zero-order chi connectivity index (χ0) is 18.1. The number of nitrogens with one attached hydrogen (secondary N) is 2. The highest BCUT2D eigenvalue weighted by molar-refractivity contribution is 6.59. The lowest BCUT2D eigenvalue weighted by molar-refractivity contribution is -0.112. The fraction of sp³-hybridized carbons (Fsp3) is 0.474. The fourth-order valence-electron chi connectivity index (χ4n) is 3.30. The maximum Gasteiger partial charge on any atom is 0.186 e. The molecular formula is C19H24ClN3O2. The minimum Gasteiger partial charge on any atom is -0.401 e. The van der Waals surface area contributed by atoms with Crippen LogP contribution in [0.5, 0.6) is 0 Å². The van der Waals surface area contributed by atoms with E-state index in [-0.39, 0.29) is 35.0 Å². The van der Waals surface area contributed by atoms with Gasteiger partial charge >= 0.3 is 0 Å². The molecule has 2 heterocycles. The number of halogens is 1. The summed E-state index contributed by atoms with van der Waals surface area (Å²) in [5, 5.41) is 11.5. The quantitative estimate of drug-likeness (QED) is 0.680. The van der Waals surface area contributed by atoms with Gasteiger partial charge in [-0.25, -0.2) is 0 Å². The summed E-state index contributed by atoms with van der Waals surface area (Å²) in [6, 6.07) is 8.21. The van der Waals surface area contributed by atoms with Crippen LogP contribution in [0.2, 0.25) is 0 Å². The van der Waals surface area contributed by atoms with Crippen LogP contribution in [0.4, 0.5) is 0 Å². The number of hydrogen-bond acceptors (Lipinski definition) is 5. The summed E-state index contributed by atoms with van der Waals surface area (Å²) < 4.78 is 5.98. The summed E-state index contributed by atoms with van der Waals surface area (Å²) in [5.74, 6) is -0.338. The molecule has 2 aliphatic rings. The van der Waals surface area contributed by atoms with Crippen LogP contribution in [0, 0.1) is 11.3 Å². The number of carbonyl (C=O) groups is 1. The van der Waals surface area contributed by atoms with Gasteiger partial charge in [0.15, 0.2) is 5.78 Å². The molecule has 0 amide bonds. The number of fused-ring (bicyclic) bond motifs is 2. The van der Waals surface area contributed by atoms with Gasteiger partial charge in [0.1, 0.15) is 5.71 Å². The van der Waals surface area contributed by atoms with E-state index in [0.29, 0.717) is 17.8 Å². The summed E-state index contributed by atoms with van der Waals surface area (Å²) in [6.07, 6.45) is 1.60. The summed E-state index contributed by atoms with van der Waals surface area (Å²) in [7, 11) is 0. The molecule has 2 saturated heterocycles. The average molecular weight is 362 g/mol. The molecule has 1 aromatic carbocycles. The van der Waals surface area contributed by atoms with Crippen LogP contribution < -0.4 is 11.1 Å². The van der Waals surface area contributed by atoms with Crippen molar-refractivity contribution < 1.29 is 9.53 Å². The first-order chi connectivity index (χ1) is 11.9. The number of rotatable bonds is 6. The molecule has 3 rings (SSSR count). The van der Waals surface area contributed by atoms with Gasteiger partial charge in [0.05, 0.1) is 17.2 Å². The molecule has 1 aromatic rings. The van der Waals surface area contributed by atoms with Crippen molar-refractivity contribution in [3.05, 3.63) is 46.1 Å². The molecule has 0 saturated carbocycles. The van der Waals surface area contributed by atoms with Gasteiger partial charge in [-0.15, -0.1) is 0 Å². The highest BCUT2D eigenvalue weighted by Gasteiger charge is 2.41. The van der Waals surface area contributed by atoms with Crippen LogP contribution >= 0.6 is 11.6 Å². The average Bonchev–Trinajstić information content (AvgIpc) is 3.23. The summed E-state index contributed by atoms with van der Waals surface area (Å²) in [6.45, 7) is 4.69. The molecule has 0 radical (unpaired) electrons. The van der Waals surface area contributed by atoms with Gasteiger partial charge < -0.3 is 15.8 Å². The molecule has 134 valence electrons. The minimum absolute atomic E-state index is 0.00436. The van der Waals surface area contributed by atoms with E-state index in [9.17, 15) is 4.79 Å². The molecule has 3 atom stereocenters. The number of Topliss-reactive ketones (excluding diaryl/α,β-unsaturated/α-hetero) is 1. The van der Waals surface area contributed by atoms with E-state index in [1.165, 1.54) is 0 Å². The van der Waals surface area contributed by atoms with Gasteiger partial charge in [0.2, 0.25) is 0 Å². The fourth-order valence-corrected chi connectivity index (χ4v) is 3.62. The zero-order valence-electron chi connectivity index (χ0n) is 14.5. The Bertz CT molecular complexity index is 712. The van der Waals surface area contributed by atoms with Crippen LogP contribution in [0.1, 0.15) is 37.5 Å². The first-order valence-corrected chi connectivity index (χ1v) is 8.99. The predicted molar refractivity (Wildman–Crippen MR) is 98.8 cm³/mol. The number of carbonyl (C=O) groups excluding carboxylic acids is 1. The number of morpholine rings is 1. The first-order valence-electron chi connectivity index (χ1n) is 8.61. The van der Waals surface area contributed by atoms with E-state index in [2.05, 4.69) is 5.32 Å². The second kappa shape index (κ2) is 7.28. The van der Waals surface area contributed by atoms with E-state index in [1.807, 2.05) is 38.1 Å². The number of allylic oxidation sites excluding steroid dienone is 2. The normalized spacial score (nSPS) is 26.0. The molecule has 25 heavy (non-hydrogen) atoms. The first kappa shape index (κ1) is 18.1. The molecule has 6 heteroatoms. The molecule has 0 spiro atoms. The van der Waals surface area contributed by atoms with Crippen molar-refractivity contribution in [3.63, 3.8) is 0 Å². The van der Waals surface area contributed by atoms with Gasteiger partial charge in [-0.3, -0.25) is 10.2 Å². The van der Waals surface area contributed by atoms with Crippen LogP contribution in [0.3, 0.4) is 0 Å². The van der Waals surface area contributed by atoms with Gasteiger partial charge in [-0.2, -0.15) is 0 Å². The van der Waals surface area contributed by atoms with Crippen LogP contribution in [-0.2, 0) is 16.0 Å². The number of ketones is 1. The van der Waals surface area contributed by atoms with Crippen molar-refractivity contribution in [3.8, 4) is 0 Å². The van der Waals surface area contributed by atoms with Gasteiger partial charge in [0, 0.05) is 24.7 Å². The van der Waals surface area contributed by atoms with Crippen molar-refractivity contribution in [2.75, 3.05) is 6.54 Å². The second-order valence-electron chi connectivity index (χ2n) is 7.07. The van der Waals surface area contributed by atoms with Crippen molar-refractivity contribution in [2.24, 2.45) is 11.7 Å². The van der Waals surface area contributed by atoms with E-state index in [1.54, 1.807) is 0 Å². The Morgan fingerprint density at radius 2 is 2.08 bits per heavy atom. The highest BCUT2D eigenvalue weighted by atomic mass is 35.5. The molecule has 4 N–H and O–H groups in total. The SMILES string of the molecule is CC(C)C(N)=C(Cl)C(=N)C(=O)Cc1ccc([C@@H]2O[C@H]3CN[C@@H]2C3)cc1. The van der Waals surface area contributed by atoms with E-state index >= 15 is 0 Å². The molecule has 0 unspecified atom stereocenters. The number of nitrogens with two attached hydrogens (primary N) is 1. The van der Waals surface area contributed by atoms with Crippen LogP contribution in [0.25, 0.3) is 0 Å². The van der Waals surface area contributed by atoms with Gasteiger partial charge in [-0.05, 0) is 23.5 Å². The third kappa shape index (κ3) is 3.78. The molecule has 2 aliphatic heterocycles. The predicted octanol–water partition coefficient (Wildman–Crippen LogP) is 2.68. The Hall–Kier alpha value is -1.69.